The molecule has 2 N–H and O–H groups in total. The first-order valence-corrected chi connectivity index (χ1v) is 11.8. The molecule has 1 aromatic carbocycles. The average Bonchev–Trinajstić information content (AvgIpc) is 3.26. The Labute approximate surface area is 172 Å². The summed E-state index contributed by atoms with van der Waals surface area (Å²) in [4.78, 5) is 10.5. The van der Waals surface area contributed by atoms with Crippen LogP contribution in [0.15, 0.2) is 47.7 Å². The van der Waals surface area contributed by atoms with Gasteiger partial charge in [0.15, 0.2) is 0 Å². The fraction of sp³-hybridized carbons (Fsp3) is 0.500. The number of unbranched alkanes of at least 4 members (excludes halogenated alkanes) is 1. The molecule has 158 valence electrons. The molecule has 0 spiro atoms. The van der Waals surface area contributed by atoms with E-state index in [0.717, 1.165) is 29.5 Å². The van der Waals surface area contributed by atoms with Gasteiger partial charge in [-0.25, -0.2) is 8.42 Å². The molecule has 7 heteroatoms. The maximum atomic E-state index is 12.7. The molecule has 2 bridgehead atoms. The number of rotatable bonds is 11. The summed E-state index contributed by atoms with van der Waals surface area (Å²) in [7, 11) is -3.45. The molecular formula is C22H29NO5S. The Kier molecular flexibility index (Phi) is 7.14. The van der Waals surface area contributed by atoms with E-state index in [1.165, 1.54) is 0 Å². The number of carbonyl (C=O) groups is 1. The van der Waals surface area contributed by atoms with Gasteiger partial charge in [0.05, 0.1) is 23.7 Å². The lowest BCUT2D eigenvalue weighted by atomic mass is 9.94. The van der Waals surface area contributed by atoms with E-state index < -0.39 is 16.0 Å². The van der Waals surface area contributed by atoms with Crippen LogP contribution in [-0.4, -0.2) is 37.5 Å². The highest BCUT2D eigenvalue weighted by molar-refractivity contribution is 7.89. The lowest BCUT2D eigenvalue weighted by Gasteiger charge is -2.18. The minimum absolute atomic E-state index is 0.0153. The van der Waals surface area contributed by atoms with Crippen LogP contribution in [0.5, 0.6) is 0 Å². The van der Waals surface area contributed by atoms with Crippen LogP contribution in [-0.2, 0) is 26.0 Å². The quantitative estimate of drug-likeness (QED) is 0.423. The predicted octanol–water partition coefficient (Wildman–Crippen LogP) is 3.47. The molecule has 2 heterocycles. The second kappa shape index (κ2) is 9.59. The van der Waals surface area contributed by atoms with Gasteiger partial charge in [-0.3, -0.25) is 9.52 Å². The monoisotopic (exact) mass is 419 g/mol. The van der Waals surface area contributed by atoms with Crippen molar-refractivity contribution in [1.82, 2.24) is 4.72 Å². The van der Waals surface area contributed by atoms with Crippen molar-refractivity contribution < 1.29 is 23.1 Å². The SMILES string of the molecule is Cc1ccc(CCS(=O)(=O)NC2=C(CC=CCCCC(=O)O)C3CCC2O3)cc1. The van der Waals surface area contributed by atoms with Gasteiger partial charge in [-0.2, -0.15) is 0 Å². The summed E-state index contributed by atoms with van der Waals surface area (Å²) in [6, 6.07) is 7.90. The van der Waals surface area contributed by atoms with Gasteiger partial charge in [0.25, 0.3) is 0 Å². The van der Waals surface area contributed by atoms with Gasteiger partial charge in [0.2, 0.25) is 10.0 Å². The summed E-state index contributed by atoms with van der Waals surface area (Å²) in [5.41, 5.74) is 3.87. The third kappa shape index (κ3) is 6.18. The highest BCUT2D eigenvalue weighted by Crippen LogP contribution is 2.40. The number of allylic oxidation sites excluding steroid dienone is 2. The third-order valence-corrected chi connectivity index (χ3v) is 6.66. The summed E-state index contributed by atoms with van der Waals surface area (Å²) in [6.07, 6.45) is 8.09. The molecule has 0 aromatic heterocycles. The van der Waals surface area contributed by atoms with E-state index in [1.807, 2.05) is 43.3 Å². The zero-order valence-electron chi connectivity index (χ0n) is 16.8. The van der Waals surface area contributed by atoms with E-state index in [9.17, 15) is 13.2 Å². The molecule has 0 aliphatic carbocycles. The minimum atomic E-state index is -3.45. The molecule has 1 aromatic rings. The Balaban J connectivity index is 1.59. The molecule has 2 unspecified atom stereocenters. The summed E-state index contributed by atoms with van der Waals surface area (Å²) in [5, 5.41) is 8.67. The topological polar surface area (TPSA) is 92.7 Å². The van der Waals surface area contributed by atoms with Crippen molar-refractivity contribution in [1.29, 1.82) is 0 Å². The van der Waals surface area contributed by atoms with Crippen molar-refractivity contribution in [3.63, 3.8) is 0 Å². The first-order chi connectivity index (χ1) is 13.8. The standard InChI is InChI=1S/C22H29NO5S/c1-16-8-10-17(11-9-16)14-15-29(26,27)23-22-18(19-12-13-20(22)28-19)6-4-2-3-5-7-21(24)25/h2,4,8-11,19-20,23H,3,5-7,12-15H2,1H3,(H,24,25). The smallest absolute Gasteiger partial charge is 0.303 e. The number of benzene rings is 1. The van der Waals surface area contributed by atoms with Crippen molar-refractivity contribution in [2.24, 2.45) is 0 Å². The molecule has 0 saturated carbocycles. The molecule has 3 rings (SSSR count). The number of sulfonamides is 1. The van der Waals surface area contributed by atoms with E-state index >= 15 is 0 Å². The molecule has 6 nitrogen and oxygen atoms in total. The number of fused-ring (bicyclic) bond motifs is 2. The first-order valence-electron chi connectivity index (χ1n) is 10.2. The summed E-state index contributed by atoms with van der Waals surface area (Å²) < 4.78 is 34.0. The van der Waals surface area contributed by atoms with E-state index in [-0.39, 0.29) is 24.4 Å². The fourth-order valence-corrected chi connectivity index (χ4v) is 4.99. The maximum absolute atomic E-state index is 12.7. The highest BCUT2D eigenvalue weighted by Gasteiger charge is 2.41. The van der Waals surface area contributed by atoms with Gasteiger partial charge in [-0.1, -0.05) is 42.0 Å². The normalized spacial score (nSPS) is 21.3. The number of ether oxygens (including phenoxy) is 1. The molecule has 2 atom stereocenters. The minimum Gasteiger partial charge on any atom is -0.481 e. The Hall–Kier alpha value is -2.12. The van der Waals surface area contributed by atoms with Gasteiger partial charge in [-0.05, 0) is 56.6 Å². The van der Waals surface area contributed by atoms with Crippen LogP contribution in [0.3, 0.4) is 0 Å². The van der Waals surface area contributed by atoms with Crippen LogP contribution in [0.4, 0.5) is 0 Å². The van der Waals surface area contributed by atoms with Crippen molar-refractivity contribution in [2.45, 2.75) is 64.1 Å². The molecule has 0 amide bonds. The molecule has 1 saturated heterocycles. The summed E-state index contributed by atoms with van der Waals surface area (Å²) in [5.74, 6) is -0.750. The zero-order chi connectivity index (χ0) is 20.9. The third-order valence-electron chi connectivity index (χ3n) is 5.39. The van der Waals surface area contributed by atoms with Crippen LogP contribution in [0.1, 0.15) is 49.7 Å². The number of carboxylic acid groups (broad SMARTS) is 1. The lowest BCUT2D eigenvalue weighted by molar-refractivity contribution is -0.137. The zero-order valence-corrected chi connectivity index (χ0v) is 17.6. The second-order valence-electron chi connectivity index (χ2n) is 7.75. The number of hydrogen-bond donors (Lipinski definition) is 2. The molecule has 1 fully saturated rings. The number of aryl methyl sites for hydroxylation is 2. The predicted molar refractivity (Wildman–Crippen MR) is 112 cm³/mol. The summed E-state index contributed by atoms with van der Waals surface area (Å²) in [6.45, 7) is 2.01. The van der Waals surface area contributed by atoms with Gasteiger partial charge in [0, 0.05) is 6.42 Å². The Morgan fingerprint density at radius 2 is 1.93 bits per heavy atom. The maximum Gasteiger partial charge on any atom is 0.303 e. The van der Waals surface area contributed by atoms with Crippen LogP contribution in [0, 0.1) is 6.92 Å². The number of hydrogen-bond acceptors (Lipinski definition) is 4. The van der Waals surface area contributed by atoms with Crippen molar-refractivity contribution in [3.05, 3.63) is 58.8 Å². The fourth-order valence-electron chi connectivity index (χ4n) is 3.78. The summed E-state index contributed by atoms with van der Waals surface area (Å²) >= 11 is 0. The van der Waals surface area contributed by atoms with Crippen LogP contribution >= 0.6 is 0 Å². The van der Waals surface area contributed by atoms with Crippen molar-refractivity contribution in [3.8, 4) is 0 Å². The molecule has 0 radical (unpaired) electrons. The highest BCUT2D eigenvalue weighted by atomic mass is 32.2. The Bertz CT molecular complexity index is 886. The van der Waals surface area contributed by atoms with Gasteiger partial charge < -0.3 is 9.84 Å². The molecule has 29 heavy (non-hydrogen) atoms. The second-order valence-corrected chi connectivity index (χ2v) is 9.59. The molecular weight excluding hydrogens is 390 g/mol. The Morgan fingerprint density at radius 3 is 2.66 bits per heavy atom. The van der Waals surface area contributed by atoms with Gasteiger partial charge in [0.1, 0.15) is 0 Å². The average molecular weight is 420 g/mol. The number of nitrogens with one attached hydrogen (secondary N) is 1. The van der Waals surface area contributed by atoms with Crippen LogP contribution in [0.25, 0.3) is 0 Å². The van der Waals surface area contributed by atoms with Crippen molar-refractivity contribution in [2.75, 3.05) is 5.75 Å². The van der Waals surface area contributed by atoms with Gasteiger partial charge in [-0.15, -0.1) is 0 Å². The van der Waals surface area contributed by atoms with E-state index in [2.05, 4.69) is 4.72 Å². The number of carboxylic acids is 1. The van der Waals surface area contributed by atoms with Gasteiger partial charge >= 0.3 is 5.97 Å². The Morgan fingerprint density at radius 1 is 1.21 bits per heavy atom. The van der Waals surface area contributed by atoms with E-state index in [1.54, 1.807) is 0 Å². The van der Waals surface area contributed by atoms with E-state index in [4.69, 9.17) is 9.84 Å². The molecule has 2 aliphatic rings. The van der Waals surface area contributed by atoms with Crippen LogP contribution < -0.4 is 4.72 Å². The largest absolute Gasteiger partial charge is 0.481 e. The first kappa shape index (κ1) is 21.6. The van der Waals surface area contributed by atoms with Crippen LogP contribution in [0.2, 0.25) is 0 Å². The lowest BCUT2D eigenvalue weighted by Crippen LogP contribution is -2.32. The van der Waals surface area contributed by atoms with Crippen molar-refractivity contribution >= 4 is 16.0 Å². The molecule has 2 aliphatic heterocycles. The van der Waals surface area contributed by atoms with E-state index in [0.29, 0.717) is 31.4 Å². The number of aliphatic carboxylic acids is 1.